The Balaban J connectivity index is 1.79. The number of hydrogen-bond donors (Lipinski definition) is 0. The fourth-order valence-electron chi connectivity index (χ4n) is 3.20. The van der Waals surface area contributed by atoms with Crippen LogP contribution in [0.15, 0.2) is 48.5 Å². The molecule has 0 N–H and O–H groups in total. The monoisotopic (exact) mass is 324 g/mol. The van der Waals surface area contributed by atoms with Crippen molar-refractivity contribution in [2.45, 2.75) is 26.4 Å². The summed E-state index contributed by atoms with van der Waals surface area (Å²) in [7, 11) is 1.65. The standard InChI is InChI=1S/C20H24N2O2/c1-15-9-10-19(24-3)18(13-15)22-12-11-21(16(2)20(22)23)14-17-7-5-4-6-8-17/h4-10,13,16H,11-12,14H2,1-3H3/t16-/m1/s1. The van der Waals surface area contributed by atoms with Gasteiger partial charge in [-0.25, -0.2) is 0 Å². The van der Waals surface area contributed by atoms with E-state index in [1.54, 1.807) is 7.11 Å². The fourth-order valence-corrected chi connectivity index (χ4v) is 3.20. The second kappa shape index (κ2) is 7.05. The third-order valence-corrected chi connectivity index (χ3v) is 4.64. The highest BCUT2D eigenvalue weighted by atomic mass is 16.5. The van der Waals surface area contributed by atoms with Gasteiger partial charge < -0.3 is 9.64 Å². The van der Waals surface area contributed by atoms with Crippen molar-refractivity contribution < 1.29 is 9.53 Å². The summed E-state index contributed by atoms with van der Waals surface area (Å²) in [6.45, 7) is 6.34. The van der Waals surface area contributed by atoms with Crippen LogP contribution in [0.5, 0.6) is 5.75 Å². The van der Waals surface area contributed by atoms with Crippen molar-refractivity contribution in [2.75, 3.05) is 25.1 Å². The van der Waals surface area contributed by atoms with Gasteiger partial charge in [0, 0.05) is 19.6 Å². The molecule has 1 aliphatic heterocycles. The minimum absolute atomic E-state index is 0.126. The quantitative estimate of drug-likeness (QED) is 0.865. The van der Waals surface area contributed by atoms with Gasteiger partial charge in [0.15, 0.2) is 0 Å². The van der Waals surface area contributed by atoms with Crippen LogP contribution in [0.3, 0.4) is 0 Å². The van der Waals surface area contributed by atoms with E-state index in [-0.39, 0.29) is 11.9 Å². The molecule has 24 heavy (non-hydrogen) atoms. The highest BCUT2D eigenvalue weighted by Crippen LogP contribution is 2.31. The maximum absolute atomic E-state index is 12.9. The highest BCUT2D eigenvalue weighted by Gasteiger charge is 2.33. The van der Waals surface area contributed by atoms with Crippen LogP contribution in [-0.4, -0.2) is 37.0 Å². The maximum atomic E-state index is 12.9. The van der Waals surface area contributed by atoms with Crippen LogP contribution in [0.2, 0.25) is 0 Å². The van der Waals surface area contributed by atoms with Crippen LogP contribution < -0.4 is 9.64 Å². The molecule has 1 amide bonds. The third kappa shape index (κ3) is 3.29. The number of methoxy groups -OCH3 is 1. The van der Waals surface area contributed by atoms with Gasteiger partial charge in [-0.05, 0) is 37.1 Å². The van der Waals surface area contributed by atoms with Crippen molar-refractivity contribution in [3.8, 4) is 5.75 Å². The van der Waals surface area contributed by atoms with E-state index in [2.05, 4.69) is 17.0 Å². The lowest BCUT2D eigenvalue weighted by Crippen LogP contribution is -2.55. The van der Waals surface area contributed by atoms with E-state index in [0.29, 0.717) is 6.54 Å². The summed E-state index contributed by atoms with van der Waals surface area (Å²) >= 11 is 0. The summed E-state index contributed by atoms with van der Waals surface area (Å²) in [5, 5.41) is 0. The molecule has 4 nitrogen and oxygen atoms in total. The fraction of sp³-hybridized carbons (Fsp3) is 0.350. The van der Waals surface area contributed by atoms with Gasteiger partial charge in [0.1, 0.15) is 5.75 Å². The van der Waals surface area contributed by atoms with E-state index in [4.69, 9.17) is 4.74 Å². The average molecular weight is 324 g/mol. The number of nitrogens with zero attached hydrogens (tertiary/aromatic N) is 2. The smallest absolute Gasteiger partial charge is 0.244 e. The molecule has 2 aromatic rings. The molecule has 1 atom stereocenters. The number of aryl methyl sites for hydroxylation is 1. The van der Waals surface area contributed by atoms with E-state index < -0.39 is 0 Å². The summed E-state index contributed by atoms with van der Waals surface area (Å²) < 4.78 is 5.45. The predicted molar refractivity (Wildman–Crippen MR) is 96.4 cm³/mol. The van der Waals surface area contributed by atoms with Crippen LogP contribution in [-0.2, 0) is 11.3 Å². The van der Waals surface area contributed by atoms with Gasteiger partial charge in [-0.15, -0.1) is 0 Å². The van der Waals surface area contributed by atoms with Crippen molar-refractivity contribution in [3.05, 3.63) is 59.7 Å². The van der Waals surface area contributed by atoms with Gasteiger partial charge >= 0.3 is 0 Å². The molecule has 1 heterocycles. The zero-order valence-corrected chi connectivity index (χ0v) is 14.5. The molecular formula is C20H24N2O2. The largest absolute Gasteiger partial charge is 0.495 e. The number of carbonyl (C=O) groups excluding carboxylic acids is 1. The number of ether oxygens (including phenoxy) is 1. The van der Waals surface area contributed by atoms with Crippen molar-refractivity contribution in [3.63, 3.8) is 0 Å². The van der Waals surface area contributed by atoms with Crippen molar-refractivity contribution >= 4 is 11.6 Å². The number of carbonyl (C=O) groups is 1. The lowest BCUT2D eigenvalue weighted by Gasteiger charge is -2.39. The lowest BCUT2D eigenvalue weighted by molar-refractivity contribution is -0.125. The zero-order valence-electron chi connectivity index (χ0n) is 14.5. The van der Waals surface area contributed by atoms with Crippen LogP contribution in [0.1, 0.15) is 18.1 Å². The van der Waals surface area contributed by atoms with Gasteiger partial charge in [-0.3, -0.25) is 9.69 Å². The summed E-state index contributed by atoms with van der Waals surface area (Å²) in [5.74, 6) is 0.874. The Labute approximate surface area is 143 Å². The number of benzene rings is 2. The number of piperazine rings is 1. The van der Waals surface area contributed by atoms with Crippen molar-refractivity contribution in [1.29, 1.82) is 0 Å². The van der Waals surface area contributed by atoms with E-state index in [1.807, 2.05) is 55.1 Å². The Morgan fingerprint density at radius 2 is 1.88 bits per heavy atom. The summed E-state index contributed by atoms with van der Waals surface area (Å²) in [6, 6.07) is 16.1. The first-order valence-electron chi connectivity index (χ1n) is 8.34. The molecule has 0 saturated carbocycles. The Morgan fingerprint density at radius 1 is 1.12 bits per heavy atom. The van der Waals surface area contributed by atoms with Gasteiger partial charge in [0.2, 0.25) is 5.91 Å². The summed E-state index contributed by atoms with van der Waals surface area (Å²) in [6.07, 6.45) is 0. The van der Waals surface area contributed by atoms with Crippen LogP contribution in [0.4, 0.5) is 5.69 Å². The molecule has 1 fully saturated rings. The van der Waals surface area contributed by atoms with E-state index in [1.165, 1.54) is 5.56 Å². The first-order valence-corrected chi connectivity index (χ1v) is 8.34. The SMILES string of the molecule is COc1ccc(C)cc1N1CCN(Cc2ccccc2)[C@H](C)C1=O. The number of rotatable bonds is 4. The Morgan fingerprint density at radius 3 is 2.58 bits per heavy atom. The highest BCUT2D eigenvalue weighted by molar-refractivity contribution is 5.99. The van der Waals surface area contributed by atoms with E-state index >= 15 is 0 Å². The second-order valence-electron chi connectivity index (χ2n) is 6.30. The Bertz CT molecular complexity index is 715. The molecule has 4 heteroatoms. The van der Waals surface area contributed by atoms with E-state index in [9.17, 15) is 4.79 Å². The molecule has 0 aromatic heterocycles. The molecule has 1 aliphatic rings. The van der Waals surface area contributed by atoms with Crippen LogP contribution in [0, 0.1) is 6.92 Å². The first kappa shape index (κ1) is 16.5. The third-order valence-electron chi connectivity index (χ3n) is 4.64. The maximum Gasteiger partial charge on any atom is 0.244 e. The molecule has 0 unspecified atom stereocenters. The molecular weight excluding hydrogens is 300 g/mol. The van der Waals surface area contributed by atoms with Crippen molar-refractivity contribution in [1.82, 2.24) is 4.90 Å². The number of amides is 1. The van der Waals surface area contributed by atoms with Gasteiger partial charge in [-0.2, -0.15) is 0 Å². The molecule has 3 rings (SSSR count). The minimum Gasteiger partial charge on any atom is -0.495 e. The molecule has 0 aliphatic carbocycles. The average Bonchev–Trinajstić information content (AvgIpc) is 2.60. The number of hydrogen-bond acceptors (Lipinski definition) is 3. The molecule has 0 radical (unpaired) electrons. The van der Waals surface area contributed by atoms with Crippen LogP contribution in [0.25, 0.3) is 0 Å². The second-order valence-corrected chi connectivity index (χ2v) is 6.30. The van der Waals surface area contributed by atoms with E-state index in [0.717, 1.165) is 30.1 Å². The molecule has 2 aromatic carbocycles. The normalized spacial score (nSPS) is 18.7. The minimum atomic E-state index is -0.149. The Hall–Kier alpha value is -2.33. The lowest BCUT2D eigenvalue weighted by atomic mass is 10.1. The van der Waals surface area contributed by atoms with Gasteiger partial charge in [0.05, 0.1) is 18.8 Å². The summed E-state index contributed by atoms with van der Waals surface area (Å²) in [5.41, 5.74) is 3.23. The van der Waals surface area contributed by atoms with Crippen LogP contribution >= 0.6 is 0 Å². The zero-order chi connectivity index (χ0) is 17.1. The predicted octanol–water partition coefficient (Wildman–Crippen LogP) is 3.24. The van der Waals surface area contributed by atoms with Crippen molar-refractivity contribution in [2.24, 2.45) is 0 Å². The topological polar surface area (TPSA) is 32.8 Å². The van der Waals surface area contributed by atoms with Gasteiger partial charge in [-0.1, -0.05) is 36.4 Å². The van der Waals surface area contributed by atoms with Gasteiger partial charge in [0.25, 0.3) is 0 Å². The summed E-state index contributed by atoms with van der Waals surface area (Å²) in [4.78, 5) is 17.0. The Kier molecular flexibility index (Phi) is 4.86. The molecule has 0 bridgehead atoms. The first-order chi connectivity index (χ1) is 11.6. The number of anilines is 1. The molecule has 1 saturated heterocycles. The molecule has 126 valence electrons. The molecule has 0 spiro atoms.